The summed E-state index contributed by atoms with van der Waals surface area (Å²) in [6.45, 7) is 4.45. The molecule has 0 saturated carbocycles. The van der Waals surface area contributed by atoms with Gasteiger partial charge in [0.15, 0.2) is 5.58 Å². The second-order valence-electron chi connectivity index (χ2n) is 5.66. The van der Waals surface area contributed by atoms with Crippen LogP contribution >= 0.6 is 0 Å². The van der Waals surface area contributed by atoms with Gasteiger partial charge < -0.3 is 14.6 Å². The van der Waals surface area contributed by atoms with E-state index in [1.54, 1.807) is 11.6 Å². The van der Waals surface area contributed by atoms with Crippen molar-refractivity contribution in [1.82, 2.24) is 9.88 Å². The smallest absolute Gasteiger partial charge is 0.408 e. The van der Waals surface area contributed by atoms with Crippen LogP contribution in [0.15, 0.2) is 27.4 Å². The van der Waals surface area contributed by atoms with E-state index < -0.39 is 0 Å². The summed E-state index contributed by atoms with van der Waals surface area (Å²) in [4.78, 5) is 13.9. The fourth-order valence-corrected chi connectivity index (χ4v) is 3.39. The van der Waals surface area contributed by atoms with Crippen molar-refractivity contribution < 1.29 is 4.42 Å². The van der Waals surface area contributed by atoms with Crippen LogP contribution in [0.3, 0.4) is 0 Å². The Bertz CT molecular complexity index is 676. The minimum atomic E-state index is -0.297. The van der Waals surface area contributed by atoms with E-state index in [1.165, 1.54) is 0 Å². The molecule has 100 valence electrons. The Morgan fingerprint density at radius 3 is 2.74 bits per heavy atom. The first kappa shape index (κ1) is 11.1. The molecule has 0 aliphatic carbocycles. The van der Waals surface area contributed by atoms with Crippen molar-refractivity contribution >= 4 is 16.8 Å². The molecule has 2 aromatic rings. The summed E-state index contributed by atoms with van der Waals surface area (Å²) in [5, 5.41) is 3.45. The molecule has 0 unspecified atom stereocenters. The number of benzene rings is 1. The Balaban J connectivity index is 1.70. The van der Waals surface area contributed by atoms with Crippen LogP contribution < -0.4 is 16.0 Å². The summed E-state index contributed by atoms with van der Waals surface area (Å²) in [5.74, 6) is 1.23. The van der Waals surface area contributed by atoms with Gasteiger partial charge in [0.2, 0.25) is 0 Å². The highest BCUT2D eigenvalue weighted by molar-refractivity contribution is 5.77. The minimum Gasteiger partial charge on any atom is -0.408 e. The Hall–Kier alpha value is -1.75. The first-order chi connectivity index (χ1) is 9.22. The fraction of sp³-hybridized carbons (Fsp3) is 0.500. The van der Waals surface area contributed by atoms with E-state index in [2.05, 4.69) is 16.3 Å². The van der Waals surface area contributed by atoms with Gasteiger partial charge >= 0.3 is 5.76 Å². The van der Waals surface area contributed by atoms with E-state index >= 15 is 0 Å². The van der Waals surface area contributed by atoms with Crippen molar-refractivity contribution in [1.29, 1.82) is 0 Å². The quantitative estimate of drug-likeness (QED) is 0.822. The molecule has 0 radical (unpaired) electrons. The molecule has 2 aliphatic rings. The number of fused-ring (bicyclic) bond motifs is 2. The molecular formula is C14H17N3O2. The predicted molar refractivity (Wildman–Crippen MR) is 73.5 cm³/mol. The van der Waals surface area contributed by atoms with Crippen LogP contribution in [0.4, 0.5) is 5.69 Å². The lowest BCUT2D eigenvalue weighted by Crippen LogP contribution is -2.25. The third-order valence-corrected chi connectivity index (χ3v) is 4.53. The second-order valence-corrected chi connectivity index (χ2v) is 5.66. The summed E-state index contributed by atoms with van der Waals surface area (Å²) in [7, 11) is 1.74. The van der Waals surface area contributed by atoms with Gasteiger partial charge in [-0.3, -0.25) is 4.57 Å². The van der Waals surface area contributed by atoms with Crippen molar-refractivity contribution in [2.45, 2.75) is 0 Å². The zero-order chi connectivity index (χ0) is 13.0. The van der Waals surface area contributed by atoms with Gasteiger partial charge in [0.1, 0.15) is 0 Å². The van der Waals surface area contributed by atoms with E-state index in [1.807, 2.05) is 12.1 Å². The normalized spacial score (nSPS) is 26.3. The first-order valence-corrected chi connectivity index (χ1v) is 6.77. The molecule has 2 fully saturated rings. The Morgan fingerprint density at radius 1 is 1.26 bits per heavy atom. The van der Waals surface area contributed by atoms with Gasteiger partial charge in [0.05, 0.1) is 5.52 Å². The van der Waals surface area contributed by atoms with Crippen molar-refractivity contribution in [2.24, 2.45) is 18.9 Å². The molecule has 2 atom stereocenters. The monoisotopic (exact) mass is 259 g/mol. The highest BCUT2D eigenvalue weighted by atomic mass is 16.4. The molecule has 3 heterocycles. The predicted octanol–water partition coefficient (Wildman–Crippen LogP) is 0.787. The Labute approximate surface area is 110 Å². The van der Waals surface area contributed by atoms with E-state index in [9.17, 15) is 4.79 Å². The molecule has 5 nitrogen and oxygen atoms in total. The van der Waals surface area contributed by atoms with Crippen LogP contribution in [0.2, 0.25) is 0 Å². The van der Waals surface area contributed by atoms with Gasteiger partial charge in [-0.05, 0) is 24.0 Å². The van der Waals surface area contributed by atoms with Gasteiger partial charge in [-0.1, -0.05) is 0 Å². The molecular weight excluding hydrogens is 242 g/mol. The van der Waals surface area contributed by atoms with Crippen LogP contribution in [0, 0.1) is 11.8 Å². The lowest BCUT2D eigenvalue weighted by Gasteiger charge is -2.19. The van der Waals surface area contributed by atoms with E-state index in [0.717, 1.165) is 49.2 Å². The van der Waals surface area contributed by atoms with Crippen LogP contribution in [0.25, 0.3) is 11.1 Å². The van der Waals surface area contributed by atoms with Crippen molar-refractivity contribution in [3.8, 4) is 0 Å². The number of nitrogens with zero attached hydrogens (tertiary/aromatic N) is 2. The zero-order valence-corrected chi connectivity index (χ0v) is 10.9. The average Bonchev–Trinajstić information content (AvgIpc) is 3.04. The number of hydrogen-bond donors (Lipinski definition) is 1. The van der Waals surface area contributed by atoms with Gasteiger partial charge in [-0.25, -0.2) is 4.79 Å². The minimum absolute atomic E-state index is 0.297. The summed E-state index contributed by atoms with van der Waals surface area (Å²) in [6, 6.07) is 6.05. The molecule has 1 N–H and O–H groups in total. The van der Waals surface area contributed by atoms with E-state index in [4.69, 9.17) is 4.42 Å². The maximum Gasteiger partial charge on any atom is 0.419 e. The van der Waals surface area contributed by atoms with Crippen LogP contribution in [-0.2, 0) is 7.05 Å². The topological polar surface area (TPSA) is 50.4 Å². The number of oxazole rings is 1. The van der Waals surface area contributed by atoms with Crippen LogP contribution in [0.1, 0.15) is 0 Å². The largest absolute Gasteiger partial charge is 0.419 e. The van der Waals surface area contributed by atoms with Crippen molar-refractivity contribution in [3.63, 3.8) is 0 Å². The average molecular weight is 259 g/mol. The molecule has 1 aromatic carbocycles. The lowest BCUT2D eigenvalue weighted by atomic mass is 10.0. The third-order valence-electron chi connectivity index (χ3n) is 4.53. The van der Waals surface area contributed by atoms with E-state index in [0.29, 0.717) is 5.58 Å². The molecule has 0 amide bonds. The summed E-state index contributed by atoms with van der Waals surface area (Å²) >= 11 is 0. The third kappa shape index (κ3) is 1.61. The summed E-state index contributed by atoms with van der Waals surface area (Å²) < 4.78 is 6.80. The maximum atomic E-state index is 11.5. The second kappa shape index (κ2) is 3.87. The van der Waals surface area contributed by atoms with Crippen molar-refractivity contribution in [2.75, 3.05) is 31.1 Å². The Morgan fingerprint density at radius 2 is 2.00 bits per heavy atom. The number of rotatable bonds is 1. The molecule has 1 aromatic heterocycles. The number of aromatic nitrogens is 1. The highest BCUT2D eigenvalue weighted by Crippen LogP contribution is 2.31. The molecule has 2 aliphatic heterocycles. The van der Waals surface area contributed by atoms with Crippen LogP contribution in [0.5, 0.6) is 0 Å². The highest BCUT2D eigenvalue weighted by Gasteiger charge is 2.36. The maximum absolute atomic E-state index is 11.5. The molecule has 4 rings (SSSR count). The van der Waals surface area contributed by atoms with Gasteiger partial charge in [0.25, 0.3) is 0 Å². The zero-order valence-electron chi connectivity index (χ0n) is 10.9. The molecule has 0 spiro atoms. The standard InChI is InChI=1S/C14H17N3O2/c1-16-12-3-2-11(4-13(12)19-14(16)18)17-7-9-5-15-6-10(9)8-17/h2-4,9-10,15H,5-8H2,1H3/t9-,10+. The first-order valence-electron chi connectivity index (χ1n) is 6.77. The van der Waals surface area contributed by atoms with Gasteiger partial charge in [-0.15, -0.1) is 0 Å². The van der Waals surface area contributed by atoms with Gasteiger partial charge in [-0.2, -0.15) is 0 Å². The van der Waals surface area contributed by atoms with Crippen LogP contribution in [-0.4, -0.2) is 30.7 Å². The molecule has 19 heavy (non-hydrogen) atoms. The SMILES string of the molecule is Cn1c(=O)oc2cc(N3C[C@H]4CNC[C@H]4C3)ccc21. The lowest BCUT2D eigenvalue weighted by molar-refractivity contribution is 0.528. The molecule has 2 saturated heterocycles. The number of aryl methyl sites for hydroxylation is 1. The van der Waals surface area contributed by atoms with E-state index in [-0.39, 0.29) is 5.76 Å². The fourth-order valence-electron chi connectivity index (χ4n) is 3.39. The molecule has 5 heteroatoms. The molecule has 0 bridgehead atoms. The van der Waals surface area contributed by atoms with Crippen molar-refractivity contribution in [3.05, 3.63) is 28.7 Å². The van der Waals surface area contributed by atoms with Gasteiger partial charge in [0, 0.05) is 45.0 Å². The number of nitrogens with one attached hydrogen (secondary N) is 1. The Kier molecular flexibility index (Phi) is 2.26. The summed E-state index contributed by atoms with van der Waals surface area (Å²) in [6.07, 6.45) is 0. The summed E-state index contributed by atoms with van der Waals surface area (Å²) in [5.41, 5.74) is 2.70. The number of hydrogen-bond acceptors (Lipinski definition) is 4. The number of anilines is 1.